The highest BCUT2D eigenvalue weighted by Crippen LogP contribution is 2.35. The van der Waals surface area contributed by atoms with Crippen molar-refractivity contribution in [3.05, 3.63) is 17.8 Å². The zero-order valence-corrected chi connectivity index (χ0v) is 14.0. The Hall–Kier alpha value is -1.89. The highest BCUT2D eigenvalue weighted by molar-refractivity contribution is 5.93. The molecule has 1 saturated carbocycles. The molecule has 0 spiro atoms. The molecule has 1 aromatic rings. The maximum atomic E-state index is 11.6. The van der Waals surface area contributed by atoms with Gasteiger partial charge in [0.25, 0.3) is 0 Å². The number of hydrogen-bond acceptors (Lipinski definition) is 5. The van der Waals surface area contributed by atoms with Gasteiger partial charge >= 0.3 is 6.03 Å². The first-order chi connectivity index (χ1) is 11.6. The highest BCUT2D eigenvalue weighted by Gasteiger charge is 2.31. The second kappa shape index (κ2) is 7.79. The van der Waals surface area contributed by atoms with E-state index in [9.17, 15) is 9.59 Å². The van der Waals surface area contributed by atoms with Gasteiger partial charge in [-0.2, -0.15) is 0 Å². The molecule has 1 aliphatic heterocycles. The zero-order valence-electron chi connectivity index (χ0n) is 14.0. The minimum atomic E-state index is -0.803. The van der Waals surface area contributed by atoms with Crippen molar-refractivity contribution >= 4 is 11.9 Å². The lowest BCUT2D eigenvalue weighted by atomic mass is 9.87. The molecule has 3 rings (SSSR count). The van der Waals surface area contributed by atoms with Gasteiger partial charge in [0.1, 0.15) is 6.26 Å². The van der Waals surface area contributed by atoms with Crippen LogP contribution in [-0.4, -0.2) is 34.9 Å². The van der Waals surface area contributed by atoms with Crippen molar-refractivity contribution in [2.45, 2.75) is 63.3 Å². The number of primary amides is 1. The minimum absolute atomic E-state index is 0.128. The van der Waals surface area contributed by atoms with Gasteiger partial charge < -0.3 is 10.2 Å². The second-order valence-electron chi connectivity index (χ2n) is 6.80. The molecule has 24 heavy (non-hydrogen) atoms. The molecule has 1 saturated heterocycles. The van der Waals surface area contributed by atoms with Crippen molar-refractivity contribution in [1.82, 2.24) is 15.2 Å². The molecule has 3 N–H and O–H groups in total. The lowest BCUT2D eigenvalue weighted by Gasteiger charge is -2.21. The van der Waals surface area contributed by atoms with Gasteiger partial charge in [0.15, 0.2) is 0 Å². The Balaban J connectivity index is 1.58. The monoisotopic (exact) mass is 334 g/mol. The number of rotatable bonds is 5. The molecule has 0 unspecified atom stereocenters. The van der Waals surface area contributed by atoms with E-state index >= 15 is 0 Å². The van der Waals surface area contributed by atoms with Gasteiger partial charge in [0.05, 0.1) is 11.7 Å². The number of carbonyl (C=O) groups is 2. The highest BCUT2D eigenvalue weighted by atomic mass is 16.3. The number of imide groups is 1. The van der Waals surface area contributed by atoms with Crippen LogP contribution in [0.15, 0.2) is 10.7 Å². The average Bonchev–Trinajstić information content (AvgIpc) is 3.22. The summed E-state index contributed by atoms with van der Waals surface area (Å²) < 4.78 is 5.78. The SMILES string of the molecule is NC(=O)NC(=O)CCN1CCC[C@H]1c1nc(C2CCCCC2)co1. The van der Waals surface area contributed by atoms with Gasteiger partial charge in [0, 0.05) is 18.9 Å². The molecule has 1 aliphatic carbocycles. The summed E-state index contributed by atoms with van der Waals surface area (Å²) in [5.74, 6) is 0.958. The van der Waals surface area contributed by atoms with Crippen molar-refractivity contribution in [3.63, 3.8) is 0 Å². The van der Waals surface area contributed by atoms with E-state index in [4.69, 9.17) is 15.1 Å². The molecule has 2 heterocycles. The summed E-state index contributed by atoms with van der Waals surface area (Å²) in [6.07, 6.45) is 10.4. The number of urea groups is 1. The lowest BCUT2D eigenvalue weighted by molar-refractivity contribution is -0.120. The summed E-state index contributed by atoms with van der Waals surface area (Å²) >= 11 is 0. The molecule has 1 atom stereocenters. The molecule has 7 nitrogen and oxygen atoms in total. The van der Waals surface area contributed by atoms with Crippen LogP contribution in [-0.2, 0) is 4.79 Å². The zero-order chi connectivity index (χ0) is 16.9. The maximum Gasteiger partial charge on any atom is 0.318 e. The first-order valence-electron chi connectivity index (χ1n) is 8.92. The summed E-state index contributed by atoms with van der Waals surface area (Å²) in [6.45, 7) is 1.49. The van der Waals surface area contributed by atoms with E-state index in [2.05, 4.69) is 10.2 Å². The molecule has 132 valence electrons. The molecule has 7 heteroatoms. The summed E-state index contributed by atoms with van der Waals surface area (Å²) in [4.78, 5) is 29.2. The van der Waals surface area contributed by atoms with E-state index < -0.39 is 6.03 Å². The molecule has 2 aliphatic rings. The number of hydrogen-bond donors (Lipinski definition) is 2. The molecular weight excluding hydrogens is 308 g/mol. The predicted molar refractivity (Wildman–Crippen MR) is 88.2 cm³/mol. The third kappa shape index (κ3) is 4.14. The van der Waals surface area contributed by atoms with Crippen molar-refractivity contribution in [1.29, 1.82) is 0 Å². The Morgan fingerprint density at radius 3 is 2.79 bits per heavy atom. The van der Waals surface area contributed by atoms with Gasteiger partial charge in [-0.3, -0.25) is 15.0 Å². The van der Waals surface area contributed by atoms with Crippen LogP contribution in [0.25, 0.3) is 0 Å². The number of likely N-dealkylation sites (tertiary alicyclic amines) is 1. The fourth-order valence-corrected chi connectivity index (χ4v) is 3.86. The summed E-state index contributed by atoms with van der Waals surface area (Å²) in [6, 6.07) is -0.675. The molecule has 0 radical (unpaired) electrons. The summed E-state index contributed by atoms with van der Waals surface area (Å²) in [7, 11) is 0. The Bertz CT molecular complexity index is 580. The van der Waals surface area contributed by atoms with Crippen molar-refractivity contribution in [2.24, 2.45) is 5.73 Å². The van der Waals surface area contributed by atoms with Crippen LogP contribution >= 0.6 is 0 Å². The lowest BCUT2D eigenvalue weighted by Crippen LogP contribution is -2.37. The van der Waals surface area contributed by atoms with Crippen LogP contribution in [0.5, 0.6) is 0 Å². The third-order valence-corrected chi connectivity index (χ3v) is 5.10. The average molecular weight is 334 g/mol. The fraction of sp³-hybridized carbons (Fsp3) is 0.706. The van der Waals surface area contributed by atoms with Gasteiger partial charge in [-0.05, 0) is 32.2 Å². The van der Waals surface area contributed by atoms with Crippen molar-refractivity contribution in [2.75, 3.05) is 13.1 Å². The van der Waals surface area contributed by atoms with E-state index in [1.165, 1.54) is 32.1 Å². The molecule has 3 amide bonds. The topological polar surface area (TPSA) is 101 Å². The standard InChI is InChI=1S/C17H26N4O3/c18-17(23)20-15(22)8-10-21-9-4-7-14(21)16-19-13(11-24-16)12-5-2-1-3-6-12/h11-12,14H,1-10H2,(H3,18,20,22,23)/t14-/m0/s1. The van der Waals surface area contributed by atoms with Gasteiger partial charge in [-0.1, -0.05) is 19.3 Å². The van der Waals surface area contributed by atoms with Crippen molar-refractivity contribution < 1.29 is 14.0 Å². The van der Waals surface area contributed by atoms with Crippen molar-refractivity contribution in [3.8, 4) is 0 Å². The summed E-state index contributed by atoms with van der Waals surface area (Å²) in [5, 5.41) is 2.10. The van der Waals surface area contributed by atoms with Crippen LogP contribution in [0, 0.1) is 0 Å². The fourth-order valence-electron chi connectivity index (χ4n) is 3.86. The predicted octanol–water partition coefficient (Wildman–Crippen LogP) is 2.44. The minimum Gasteiger partial charge on any atom is -0.447 e. The molecule has 2 fully saturated rings. The number of nitrogens with two attached hydrogens (primary N) is 1. The number of nitrogens with one attached hydrogen (secondary N) is 1. The smallest absolute Gasteiger partial charge is 0.318 e. The molecular formula is C17H26N4O3. The number of carbonyl (C=O) groups excluding carboxylic acids is 2. The molecule has 1 aromatic heterocycles. The molecule has 0 bridgehead atoms. The Labute approximate surface area is 142 Å². The largest absolute Gasteiger partial charge is 0.447 e. The first-order valence-corrected chi connectivity index (χ1v) is 8.92. The van der Waals surface area contributed by atoms with E-state index in [-0.39, 0.29) is 18.4 Å². The van der Waals surface area contributed by atoms with E-state index in [0.717, 1.165) is 31.0 Å². The van der Waals surface area contributed by atoms with Crippen LogP contribution in [0.2, 0.25) is 0 Å². The van der Waals surface area contributed by atoms with E-state index in [0.29, 0.717) is 12.5 Å². The normalized spacial score (nSPS) is 22.6. The number of amides is 3. The van der Waals surface area contributed by atoms with Crippen LogP contribution < -0.4 is 11.1 Å². The number of aromatic nitrogens is 1. The Morgan fingerprint density at radius 1 is 1.25 bits per heavy atom. The van der Waals surface area contributed by atoms with Crippen LogP contribution in [0.4, 0.5) is 4.79 Å². The quantitative estimate of drug-likeness (QED) is 0.861. The Morgan fingerprint density at radius 2 is 2.04 bits per heavy atom. The second-order valence-corrected chi connectivity index (χ2v) is 6.80. The first kappa shape index (κ1) is 17.0. The summed E-state index contributed by atoms with van der Waals surface area (Å²) in [5.41, 5.74) is 6.05. The van der Waals surface area contributed by atoms with Gasteiger partial charge in [0.2, 0.25) is 11.8 Å². The molecule has 0 aromatic carbocycles. The van der Waals surface area contributed by atoms with E-state index in [1.54, 1.807) is 0 Å². The maximum absolute atomic E-state index is 11.6. The van der Waals surface area contributed by atoms with E-state index in [1.807, 2.05) is 6.26 Å². The Kier molecular flexibility index (Phi) is 5.50. The van der Waals surface area contributed by atoms with Crippen LogP contribution in [0.3, 0.4) is 0 Å². The van der Waals surface area contributed by atoms with Gasteiger partial charge in [-0.25, -0.2) is 9.78 Å². The van der Waals surface area contributed by atoms with Gasteiger partial charge in [-0.15, -0.1) is 0 Å². The number of oxazole rings is 1. The number of nitrogens with zero attached hydrogens (tertiary/aromatic N) is 2. The third-order valence-electron chi connectivity index (χ3n) is 5.10. The van der Waals surface area contributed by atoms with Crippen LogP contribution in [0.1, 0.15) is 74.9 Å².